The standard InChI is InChI=1S/C28H56O5Si/c1-11-12-13-14-15-16-17-18-19-20-22-24(32-27(5,6)30-22)25-23(31-28(7,8)33-25)21-29-34(9,10)26(2,3)4/h22-25H,11-21H2,1-10H3/t22-,23+,24+,25-/m0/s1. The first-order valence-corrected chi connectivity index (χ1v) is 16.9. The number of hydrogen-bond donors (Lipinski definition) is 0. The Kier molecular flexibility index (Phi) is 11.1. The van der Waals surface area contributed by atoms with Crippen LogP contribution >= 0.6 is 0 Å². The van der Waals surface area contributed by atoms with Crippen molar-refractivity contribution in [3.05, 3.63) is 0 Å². The van der Waals surface area contributed by atoms with Crippen molar-refractivity contribution in [3.63, 3.8) is 0 Å². The molecule has 0 aromatic rings. The van der Waals surface area contributed by atoms with E-state index in [9.17, 15) is 0 Å². The van der Waals surface area contributed by atoms with Crippen LogP contribution in [0.1, 0.15) is 120 Å². The van der Waals surface area contributed by atoms with Crippen LogP contribution in [0, 0.1) is 0 Å². The van der Waals surface area contributed by atoms with Crippen molar-refractivity contribution in [3.8, 4) is 0 Å². The maximum atomic E-state index is 6.55. The van der Waals surface area contributed by atoms with Crippen LogP contribution < -0.4 is 0 Å². The Bertz CT molecular complexity index is 598. The minimum atomic E-state index is -1.89. The Hall–Kier alpha value is 0.0169. The summed E-state index contributed by atoms with van der Waals surface area (Å²) in [6, 6.07) is 0. The Labute approximate surface area is 212 Å². The predicted octanol–water partition coefficient (Wildman–Crippen LogP) is 7.97. The quantitative estimate of drug-likeness (QED) is 0.179. The Morgan fingerprint density at radius 3 is 1.62 bits per heavy atom. The lowest BCUT2D eigenvalue weighted by Crippen LogP contribution is -2.47. The van der Waals surface area contributed by atoms with Crippen LogP contribution in [0.15, 0.2) is 0 Å². The Morgan fingerprint density at radius 2 is 1.12 bits per heavy atom. The van der Waals surface area contributed by atoms with Crippen molar-refractivity contribution in [1.29, 1.82) is 0 Å². The molecule has 0 bridgehead atoms. The van der Waals surface area contributed by atoms with Crippen LogP contribution in [0.2, 0.25) is 18.1 Å². The third-order valence-corrected chi connectivity index (χ3v) is 12.3. The van der Waals surface area contributed by atoms with Gasteiger partial charge >= 0.3 is 0 Å². The van der Waals surface area contributed by atoms with Gasteiger partial charge in [-0.1, -0.05) is 85.5 Å². The number of unbranched alkanes of at least 4 members (excludes halogenated alkanes) is 8. The zero-order chi connectivity index (χ0) is 25.6. The summed E-state index contributed by atoms with van der Waals surface area (Å²) in [6.07, 6.45) is 12.5. The predicted molar refractivity (Wildman–Crippen MR) is 143 cm³/mol. The zero-order valence-electron chi connectivity index (χ0n) is 24.1. The van der Waals surface area contributed by atoms with Gasteiger partial charge in [0.15, 0.2) is 19.9 Å². The van der Waals surface area contributed by atoms with Gasteiger partial charge in [0.1, 0.15) is 18.3 Å². The van der Waals surface area contributed by atoms with Crippen LogP contribution in [0.4, 0.5) is 0 Å². The van der Waals surface area contributed by atoms with Gasteiger partial charge in [0.05, 0.1) is 12.7 Å². The minimum Gasteiger partial charge on any atom is -0.414 e. The second-order valence-corrected chi connectivity index (χ2v) is 17.8. The lowest BCUT2D eigenvalue weighted by Gasteiger charge is -2.37. The van der Waals surface area contributed by atoms with Gasteiger partial charge in [-0.05, 0) is 52.2 Å². The third-order valence-electron chi connectivity index (χ3n) is 7.77. The SMILES string of the molecule is CCCCCCCCCCC[C@@H]1OC(C)(C)O[C@H]1[C@H]1OC(C)(C)O[C@@H]1CO[Si](C)(C)C(C)(C)C. The molecule has 2 aliphatic heterocycles. The first-order chi connectivity index (χ1) is 15.7. The molecule has 0 aliphatic carbocycles. The summed E-state index contributed by atoms with van der Waals surface area (Å²) >= 11 is 0. The molecule has 0 aromatic carbocycles. The highest BCUT2D eigenvalue weighted by Gasteiger charge is 2.54. The van der Waals surface area contributed by atoms with Crippen molar-refractivity contribution in [2.24, 2.45) is 0 Å². The largest absolute Gasteiger partial charge is 0.414 e. The molecular weight excluding hydrogens is 444 g/mol. The molecule has 34 heavy (non-hydrogen) atoms. The molecule has 4 atom stereocenters. The molecule has 2 saturated heterocycles. The van der Waals surface area contributed by atoms with E-state index in [1.165, 1.54) is 51.4 Å². The Balaban J connectivity index is 1.92. The van der Waals surface area contributed by atoms with Gasteiger partial charge in [-0.2, -0.15) is 0 Å². The highest BCUT2D eigenvalue weighted by Crippen LogP contribution is 2.41. The molecule has 2 rings (SSSR count). The van der Waals surface area contributed by atoms with E-state index in [2.05, 4.69) is 40.8 Å². The van der Waals surface area contributed by atoms with E-state index in [4.69, 9.17) is 23.4 Å². The second-order valence-electron chi connectivity index (χ2n) is 13.0. The zero-order valence-corrected chi connectivity index (χ0v) is 25.1. The van der Waals surface area contributed by atoms with E-state index in [1.54, 1.807) is 0 Å². The lowest BCUT2D eigenvalue weighted by atomic mass is 9.98. The van der Waals surface area contributed by atoms with Gasteiger partial charge in [-0.25, -0.2) is 0 Å². The van der Waals surface area contributed by atoms with E-state index in [0.717, 1.165) is 12.8 Å². The van der Waals surface area contributed by atoms with Gasteiger partial charge in [0, 0.05) is 0 Å². The fraction of sp³-hybridized carbons (Fsp3) is 1.00. The summed E-state index contributed by atoms with van der Waals surface area (Å²) in [4.78, 5) is 0. The van der Waals surface area contributed by atoms with Gasteiger partial charge in [0.25, 0.3) is 0 Å². The van der Waals surface area contributed by atoms with Gasteiger partial charge in [-0.15, -0.1) is 0 Å². The molecule has 0 spiro atoms. The summed E-state index contributed by atoms with van der Waals surface area (Å²) in [7, 11) is -1.89. The average Bonchev–Trinajstić information content (AvgIpc) is 3.18. The second kappa shape index (κ2) is 12.5. The van der Waals surface area contributed by atoms with Gasteiger partial charge < -0.3 is 23.4 Å². The monoisotopic (exact) mass is 500 g/mol. The fourth-order valence-electron chi connectivity index (χ4n) is 4.80. The summed E-state index contributed by atoms with van der Waals surface area (Å²) in [5.74, 6) is -1.25. The molecule has 2 heterocycles. The van der Waals surface area contributed by atoms with Crippen molar-refractivity contribution in [2.45, 2.75) is 174 Å². The average molecular weight is 501 g/mol. The number of ether oxygens (including phenoxy) is 4. The Morgan fingerprint density at radius 1 is 0.676 bits per heavy atom. The van der Waals surface area contributed by atoms with E-state index in [-0.39, 0.29) is 29.5 Å². The maximum Gasteiger partial charge on any atom is 0.192 e. The van der Waals surface area contributed by atoms with Crippen molar-refractivity contribution in [1.82, 2.24) is 0 Å². The summed E-state index contributed by atoms with van der Waals surface area (Å²) in [5.41, 5.74) is 0. The third kappa shape index (κ3) is 9.15. The lowest BCUT2D eigenvalue weighted by molar-refractivity contribution is -0.175. The highest BCUT2D eigenvalue weighted by molar-refractivity contribution is 6.74. The molecule has 0 radical (unpaired) electrons. The first kappa shape index (κ1) is 30.2. The minimum absolute atomic E-state index is 0.0254. The molecule has 202 valence electrons. The molecule has 5 nitrogen and oxygen atoms in total. The van der Waals surface area contributed by atoms with Crippen LogP contribution in [0.5, 0.6) is 0 Å². The summed E-state index contributed by atoms with van der Waals surface area (Å²) < 4.78 is 32.1. The van der Waals surface area contributed by atoms with E-state index in [0.29, 0.717) is 6.61 Å². The van der Waals surface area contributed by atoms with Gasteiger partial charge in [0.2, 0.25) is 0 Å². The van der Waals surface area contributed by atoms with Crippen LogP contribution in [-0.2, 0) is 23.4 Å². The summed E-state index contributed by atoms with van der Waals surface area (Å²) in [5, 5.41) is 0.158. The summed E-state index contributed by atoms with van der Waals surface area (Å²) in [6.45, 7) is 22.2. The molecule has 2 fully saturated rings. The van der Waals surface area contributed by atoms with Crippen LogP contribution in [0.3, 0.4) is 0 Å². The molecule has 0 N–H and O–H groups in total. The number of rotatable bonds is 14. The molecule has 2 aliphatic rings. The van der Waals surface area contributed by atoms with Crippen molar-refractivity contribution >= 4 is 8.32 Å². The van der Waals surface area contributed by atoms with E-state index in [1.807, 2.05) is 27.7 Å². The molecule has 0 saturated carbocycles. The van der Waals surface area contributed by atoms with E-state index >= 15 is 0 Å². The normalized spacial score (nSPS) is 29.1. The molecular formula is C28H56O5Si. The first-order valence-electron chi connectivity index (χ1n) is 14.0. The molecule has 0 unspecified atom stereocenters. The molecule has 6 heteroatoms. The highest BCUT2D eigenvalue weighted by atomic mass is 28.4. The topological polar surface area (TPSA) is 46.2 Å². The molecule has 0 amide bonds. The van der Waals surface area contributed by atoms with E-state index < -0.39 is 19.9 Å². The van der Waals surface area contributed by atoms with Crippen molar-refractivity contribution < 1.29 is 23.4 Å². The fourth-order valence-corrected chi connectivity index (χ4v) is 5.81. The van der Waals surface area contributed by atoms with Crippen molar-refractivity contribution in [2.75, 3.05) is 6.61 Å². The number of hydrogen-bond acceptors (Lipinski definition) is 5. The smallest absolute Gasteiger partial charge is 0.192 e. The van der Waals surface area contributed by atoms with Crippen LogP contribution in [-0.4, -0.2) is 50.9 Å². The maximum absolute atomic E-state index is 6.55. The molecule has 0 aromatic heterocycles. The van der Waals surface area contributed by atoms with Gasteiger partial charge in [-0.3, -0.25) is 0 Å². The van der Waals surface area contributed by atoms with Crippen LogP contribution in [0.25, 0.3) is 0 Å².